The van der Waals surface area contributed by atoms with E-state index in [9.17, 15) is 8.42 Å². The highest BCUT2D eigenvalue weighted by molar-refractivity contribution is 7.89. The molecule has 0 bridgehead atoms. The minimum Gasteiger partial charge on any atom is -0.330 e. The summed E-state index contributed by atoms with van der Waals surface area (Å²) in [4.78, 5) is 0.391. The van der Waals surface area contributed by atoms with Crippen molar-refractivity contribution in [2.75, 3.05) is 13.1 Å². The number of piperidine rings is 1. The number of nitrogens with zero attached hydrogens (tertiary/aromatic N) is 1. The third kappa shape index (κ3) is 3.16. The van der Waals surface area contributed by atoms with E-state index in [2.05, 4.69) is 0 Å². The molecule has 0 amide bonds. The maximum Gasteiger partial charge on any atom is 0.243 e. The molecule has 1 aromatic rings. The third-order valence-corrected chi connectivity index (χ3v) is 5.73. The fourth-order valence-corrected chi connectivity index (χ4v) is 4.26. The Hall–Kier alpha value is -0.910. The maximum absolute atomic E-state index is 12.6. The van der Waals surface area contributed by atoms with Crippen LogP contribution in [-0.2, 0) is 16.4 Å². The molecule has 1 atom stereocenters. The molecule has 0 saturated carbocycles. The van der Waals surface area contributed by atoms with E-state index in [-0.39, 0.29) is 6.04 Å². The van der Waals surface area contributed by atoms with Crippen LogP contribution in [0.3, 0.4) is 0 Å². The highest BCUT2D eigenvalue weighted by Gasteiger charge is 2.30. The molecule has 1 saturated heterocycles. The summed E-state index contributed by atoms with van der Waals surface area (Å²) in [5.41, 5.74) is 6.57. The number of benzene rings is 1. The normalized spacial score (nSPS) is 21.5. The lowest BCUT2D eigenvalue weighted by Gasteiger charge is -2.32. The molecule has 1 fully saturated rings. The number of hydrogen-bond acceptors (Lipinski definition) is 3. The second kappa shape index (κ2) is 6.03. The Morgan fingerprint density at radius 3 is 2.53 bits per heavy atom. The molecule has 19 heavy (non-hydrogen) atoms. The van der Waals surface area contributed by atoms with E-state index in [4.69, 9.17) is 5.73 Å². The number of sulfonamides is 1. The zero-order valence-corrected chi connectivity index (χ0v) is 12.2. The van der Waals surface area contributed by atoms with Crippen LogP contribution in [0.4, 0.5) is 0 Å². The van der Waals surface area contributed by atoms with Gasteiger partial charge in [-0.3, -0.25) is 0 Å². The van der Waals surface area contributed by atoms with Gasteiger partial charge in [0.25, 0.3) is 0 Å². The maximum atomic E-state index is 12.6. The van der Waals surface area contributed by atoms with Gasteiger partial charge in [0.1, 0.15) is 0 Å². The average molecular weight is 282 g/mol. The van der Waals surface area contributed by atoms with Crippen LogP contribution in [0.25, 0.3) is 0 Å². The van der Waals surface area contributed by atoms with Gasteiger partial charge in [0.05, 0.1) is 4.90 Å². The van der Waals surface area contributed by atoms with Gasteiger partial charge in [-0.05, 0) is 50.4 Å². The van der Waals surface area contributed by atoms with Gasteiger partial charge in [-0.2, -0.15) is 4.31 Å². The molecule has 1 aliphatic rings. The zero-order valence-electron chi connectivity index (χ0n) is 11.4. The van der Waals surface area contributed by atoms with E-state index < -0.39 is 10.0 Å². The first-order valence-corrected chi connectivity index (χ1v) is 8.30. The van der Waals surface area contributed by atoms with Crippen LogP contribution in [0.5, 0.6) is 0 Å². The van der Waals surface area contributed by atoms with Crippen LogP contribution < -0.4 is 5.73 Å². The number of nitrogens with two attached hydrogens (primary N) is 1. The molecule has 5 heteroatoms. The molecule has 0 aromatic heterocycles. The Balaban J connectivity index is 2.23. The molecule has 1 aromatic carbocycles. The highest BCUT2D eigenvalue weighted by atomic mass is 32.2. The van der Waals surface area contributed by atoms with Crippen molar-refractivity contribution in [1.29, 1.82) is 0 Å². The van der Waals surface area contributed by atoms with Gasteiger partial charge in [-0.25, -0.2) is 8.42 Å². The largest absolute Gasteiger partial charge is 0.330 e. The van der Waals surface area contributed by atoms with Crippen LogP contribution >= 0.6 is 0 Å². The SMILES string of the molecule is C[C@H]1CCCCN1S(=O)(=O)c1ccc(CCN)cc1. The molecule has 106 valence electrons. The van der Waals surface area contributed by atoms with Crippen molar-refractivity contribution in [2.24, 2.45) is 5.73 Å². The number of rotatable bonds is 4. The fourth-order valence-electron chi connectivity index (χ4n) is 2.56. The molecular weight excluding hydrogens is 260 g/mol. The Kier molecular flexibility index (Phi) is 4.60. The zero-order chi connectivity index (χ0) is 13.9. The first-order chi connectivity index (χ1) is 9.05. The number of hydrogen-bond donors (Lipinski definition) is 1. The van der Waals surface area contributed by atoms with Crippen LogP contribution in [0, 0.1) is 0 Å². The van der Waals surface area contributed by atoms with Crippen LogP contribution in [0.2, 0.25) is 0 Å². The predicted molar refractivity (Wildman–Crippen MR) is 76.4 cm³/mol. The quantitative estimate of drug-likeness (QED) is 0.915. The van der Waals surface area contributed by atoms with Crippen molar-refractivity contribution in [3.05, 3.63) is 29.8 Å². The molecular formula is C14H22N2O2S. The molecule has 0 radical (unpaired) electrons. The highest BCUT2D eigenvalue weighted by Crippen LogP contribution is 2.25. The third-order valence-electron chi connectivity index (χ3n) is 3.70. The minimum absolute atomic E-state index is 0.0995. The summed E-state index contributed by atoms with van der Waals surface area (Å²) in [5.74, 6) is 0. The Labute approximate surface area is 115 Å². The summed E-state index contributed by atoms with van der Waals surface area (Å²) < 4.78 is 26.8. The lowest BCUT2D eigenvalue weighted by atomic mass is 10.1. The van der Waals surface area contributed by atoms with E-state index in [1.54, 1.807) is 16.4 Å². The summed E-state index contributed by atoms with van der Waals surface area (Å²) in [6.07, 6.45) is 3.79. The van der Waals surface area contributed by atoms with Crippen molar-refractivity contribution < 1.29 is 8.42 Å². The van der Waals surface area contributed by atoms with Gasteiger partial charge in [0.15, 0.2) is 0 Å². The predicted octanol–water partition coefficient (Wildman–Crippen LogP) is 1.75. The summed E-state index contributed by atoms with van der Waals surface area (Å²) >= 11 is 0. The summed E-state index contributed by atoms with van der Waals surface area (Å²) in [7, 11) is -3.34. The van der Waals surface area contributed by atoms with Crippen molar-refractivity contribution in [2.45, 2.75) is 43.5 Å². The molecule has 1 heterocycles. The summed E-state index contributed by atoms with van der Waals surface area (Å²) in [6.45, 7) is 3.20. The second-order valence-electron chi connectivity index (χ2n) is 5.14. The Morgan fingerprint density at radius 1 is 1.26 bits per heavy atom. The van der Waals surface area contributed by atoms with E-state index >= 15 is 0 Å². The summed E-state index contributed by atoms with van der Waals surface area (Å²) in [5, 5.41) is 0. The first-order valence-electron chi connectivity index (χ1n) is 6.86. The van der Waals surface area contributed by atoms with Gasteiger partial charge < -0.3 is 5.73 Å². The van der Waals surface area contributed by atoms with Gasteiger partial charge in [-0.15, -0.1) is 0 Å². The van der Waals surface area contributed by atoms with E-state index in [1.165, 1.54) is 0 Å². The van der Waals surface area contributed by atoms with Crippen molar-refractivity contribution in [3.63, 3.8) is 0 Å². The lowest BCUT2D eigenvalue weighted by molar-refractivity contribution is 0.268. The molecule has 2 rings (SSSR count). The van der Waals surface area contributed by atoms with E-state index in [0.717, 1.165) is 31.2 Å². The minimum atomic E-state index is -3.34. The molecule has 0 aliphatic carbocycles. The fraction of sp³-hybridized carbons (Fsp3) is 0.571. The van der Waals surface area contributed by atoms with Gasteiger partial charge in [0, 0.05) is 12.6 Å². The van der Waals surface area contributed by atoms with Crippen LogP contribution in [0.1, 0.15) is 31.7 Å². The topological polar surface area (TPSA) is 63.4 Å². The van der Waals surface area contributed by atoms with Gasteiger partial charge >= 0.3 is 0 Å². The smallest absolute Gasteiger partial charge is 0.243 e. The average Bonchev–Trinajstić information content (AvgIpc) is 2.40. The lowest BCUT2D eigenvalue weighted by Crippen LogP contribution is -2.41. The van der Waals surface area contributed by atoms with Crippen molar-refractivity contribution >= 4 is 10.0 Å². The van der Waals surface area contributed by atoms with E-state index in [0.29, 0.717) is 18.0 Å². The Bertz CT molecular complexity index is 511. The monoisotopic (exact) mass is 282 g/mol. The first kappa shape index (κ1) is 14.5. The van der Waals surface area contributed by atoms with Crippen molar-refractivity contribution in [1.82, 2.24) is 4.31 Å². The molecule has 1 aliphatic heterocycles. The van der Waals surface area contributed by atoms with Crippen LogP contribution in [0.15, 0.2) is 29.2 Å². The molecule has 0 spiro atoms. The summed E-state index contributed by atoms with van der Waals surface area (Å²) in [6, 6.07) is 7.20. The standard InChI is InChI=1S/C14H22N2O2S/c1-12-4-2-3-11-16(12)19(17,18)14-7-5-13(6-8-14)9-10-15/h5-8,12H,2-4,9-11,15H2,1H3/t12-/m0/s1. The molecule has 4 nitrogen and oxygen atoms in total. The van der Waals surface area contributed by atoms with E-state index in [1.807, 2.05) is 19.1 Å². The van der Waals surface area contributed by atoms with Gasteiger partial charge in [-0.1, -0.05) is 18.6 Å². The van der Waals surface area contributed by atoms with Crippen molar-refractivity contribution in [3.8, 4) is 0 Å². The Morgan fingerprint density at radius 2 is 1.95 bits per heavy atom. The molecule has 2 N–H and O–H groups in total. The second-order valence-corrected chi connectivity index (χ2v) is 7.03. The van der Waals surface area contributed by atoms with Gasteiger partial charge in [0.2, 0.25) is 10.0 Å². The molecule has 0 unspecified atom stereocenters. The van der Waals surface area contributed by atoms with Crippen LogP contribution in [-0.4, -0.2) is 31.9 Å².